The SMILES string of the molecule is CCCCCCCCCCCCc1ccc(Oc2ccccc2S(=O)(=O)[O-])cc1.CCCCCCCCCCCCc1ccc(Oc2ccccc2S(=O)(=O)[O-])cc1.[Ca+2]. The standard InChI is InChI=1S/2C24H34O4S.Ca/c2*1-2-3-4-5-6-7-8-9-10-11-14-21-17-19-22(20-18-21)28-23-15-12-13-16-24(23)29(25,26)27;/h2*12-13,15-20H,2-11,14H2,1H3,(H,25,26,27);/q;;+2/p-2. The molecule has 0 aliphatic rings. The second-order valence-corrected chi connectivity index (χ2v) is 17.9. The molecule has 11 heteroatoms. The molecule has 8 nitrogen and oxygen atoms in total. The van der Waals surface area contributed by atoms with Crippen LogP contribution in [0.15, 0.2) is 107 Å². The molecule has 0 saturated heterocycles. The Balaban J connectivity index is 0.000000400. The summed E-state index contributed by atoms with van der Waals surface area (Å²) in [5.74, 6) is 1.16. The van der Waals surface area contributed by atoms with Crippen LogP contribution in [0.3, 0.4) is 0 Å². The molecule has 0 aliphatic carbocycles. The normalized spacial score (nSPS) is 11.3. The number of para-hydroxylation sites is 2. The molecule has 0 atom stereocenters. The van der Waals surface area contributed by atoms with Crippen LogP contribution in [0.4, 0.5) is 0 Å². The van der Waals surface area contributed by atoms with Crippen molar-refractivity contribution < 1.29 is 35.4 Å². The van der Waals surface area contributed by atoms with Crippen molar-refractivity contribution >= 4 is 58.0 Å². The zero-order valence-corrected chi connectivity index (χ0v) is 39.4. The number of hydrogen-bond acceptors (Lipinski definition) is 8. The Morgan fingerprint density at radius 3 is 0.949 bits per heavy atom. The Bertz CT molecular complexity index is 1770. The molecule has 59 heavy (non-hydrogen) atoms. The van der Waals surface area contributed by atoms with E-state index >= 15 is 0 Å². The van der Waals surface area contributed by atoms with Gasteiger partial charge < -0.3 is 18.6 Å². The van der Waals surface area contributed by atoms with Crippen LogP contribution in [0.2, 0.25) is 0 Å². The van der Waals surface area contributed by atoms with Crippen LogP contribution in [0.25, 0.3) is 0 Å². The molecule has 0 spiro atoms. The van der Waals surface area contributed by atoms with E-state index in [0.717, 1.165) is 12.8 Å². The van der Waals surface area contributed by atoms with E-state index in [1.807, 2.05) is 48.5 Å². The van der Waals surface area contributed by atoms with Crippen molar-refractivity contribution in [2.24, 2.45) is 0 Å². The largest absolute Gasteiger partial charge is 2.00 e. The van der Waals surface area contributed by atoms with Crippen LogP contribution in [-0.2, 0) is 33.1 Å². The van der Waals surface area contributed by atoms with E-state index in [1.165, 1.54) is 176 Å². The van der Waals surface area contributed by atoms with E-state index in [-0.39, 0.29) is 59.0 Å². The summed E-state index contributed by atoms with van der Waals surface area (Å²) in [5.41, 5.74) is 2.48. The van der Waals surface area contributed by atoms with Crippen LogP contribution in [0, 0.1) is 0 Å². The van der Waals surface area contributed by atoms with Crippen molar-refractivity contribution in [2.75, 3.05) is 0 Å². The van der Waals surface area contributed by atoms with Gasteiger partial charge in [-0.3, -0.25) is 0 Å². The molecular formula is C48H66CaO8S2. The Morgan fingerprint density at radius 2 is 0.661 bits per heavy atom. The van der Waals surface area contributed by atoms with Crippen LogP contribution >= 0.6 is 0 Å². The van der Waals surface area contributed by atoms with Gasteiger partial charge in [0, 0.05) is 0 Å². The number of hydrogen-bond donors (Lipinski definition) is 0. The molecule has 0 aromatic heterocycles. The maximum atomic E-state index is 11.3. The van der Waals surface area contributed by atoms with Crippen LogP contribution in [0.1, 0.15) is 153 Å². The van der Waals surface area contributed by atoms with E-state index in [1.54, 1.807) is 12.1 Å². The average molecular weight is 875 g/mol. The third-order valence-electron chi connectivity index (χ3n) is 10.2. The van der Waals surface area contributed by atoms with Gasteiger partial charge in [-0.15, -0.1) is 0 Å². The van der Waals surface area contributed by atoms with Crippen molar-refractivity contribution in [2.45, 2.75) is 165 Å². The minimum Gasteiger partial charge on any atom is -0.744 e. The minimum atomic E-state index is -4.56. The van der Waals surface area contributed by atoms with Gasteiger partial charge in [-0.2, -0.15) is 0 Å². The molecule has 0 aliphatic heterocycles. The third-order valence-corrected chi connectivity index (χ3v) is 11.9. The van der Waals surface area contributed by atoms with Crippen molar-refractivity contribution in [3.05, 3.63) is 108 Å². The van der Waals surface area contributed by atoms with E-state index in [4.69, 9.17) is 9.47 Å². The molecule has 4 rings (SSSR count). The summed E-state index contributed by atoms with van der Waals surface area (Å²) in [7, 11) is -9.13. The number of unbranched alkanes of at least 4 members (excludes halogenated alkanes) is 18. The maximum Gasteiger partial charge on any atom is 2.00 e. The topological polar surface area (TPSA) is 133 Å². The summed E-state index contributed by atoms with van der Waals surface area (Å²) in [6.45, 7) is 4.50. The van der Waals surface area contributed by atoms with Crippen LogP contribution in [0.5, 0.6) is 23.0 Å². The van der Waals surface area contributed by atoms with E-state index in [0.29, 0.717) is 11.5 Å². The number of benzene rings is 4. The first kappa shape index (κ1) is 52.7. The van der Waals surface area contributed by atoms with E-state index in [9.17, 15) is 25.9 Å². The predicted octanol–water partition coefficient (Wildman–Crippen LogP) is 13.3. The summed E-state index contributed by atoms with van der Waals surface area (Å²) in [6.07, 6.45) is 28.5. The second kappa shape index (κ2) is 30.6. The maximum absolute atomic E-state index is 11.3. The van der Waals surface area contributed by atoms with Gasteiger partial charge in [0.05, 0.1) is 9.79 Å². The van der Waals surface area contributed by atoms with Crippen molar-refractivity contribution in [1.29, 1.82) is 0 Å². The van der Waals surface area contributed by atoms with E-state index in [2.05, 4.69) is 13.8 Å². The summed E-state index contributed by atoms with van der Waals surface area (Å²) in [4.78, 5) is -0.677. The molecule has 0 heterocycles. The fourth-order valence-electron chi connectivity index (χ4n) is 6.82. The second-order valence-electron chi connectivity index (χ2n) is 15.2. The molecular weight excluding hydrogens is 809 g/mol. The smallest absolute Gasteiger partial charge is 0.744 e. The predicted molar refractivity (Wildman–Crippen MR) is 239 cm³/mol. The number of ether oxygens (including phenoxy) is 2. The number of aryl methyl sites for hydroxylation is 2. The van der Waals surface area contributed by atoms with Gasteiger partial charge in [0.1, 0.15) is 43.2 Å². The monoisotopic (exact) mass is 874 g/mol. The molecule has 320 valence electrons. The molecule has 0 radical (unpaired) electrons. The first-order chi connectivity index (χ1) is 28.0. The fourth-order valence-corrected chi connectivity index (χ4v) is 8.02. The Hall–Kier alpha value is -2.44. The molecule has 0 fully saturated rings. The van der Waals surface area contributed by atoms with Gasteiger partial charge in [0.2, 0.25) is 0 Å². The summed E-state index contributed by atoms with van der Waals surface area (Å²) >= 11 is 0. The summed E-state index contributed by atoms with van der Waals surface area (Å²) in [6, 6.07) is 27.1. The summed E-state index contributed by atoms with van der Waals surface area (Å²) < 4.78 is 79.2. The van der Waals surface area contributed by atoms with Gasteiger partial charge in [-0.1, -0.05) is 178 Å². The quantitative estimate of drug-likeness (QED) is 0.0313. The summed E-state index contributed by atoms with van der Waals surface area (Å²) in [5, 5.41) is 0. The molecule has 4 aromatic carbocycles. The zero-order chi connectivity index (χ0) is 41.9. The van der Waals surface area contributed by atoms with Gasteiger partial charge >= 0.3 is 37.7 Å². The van der Waals surface area contributed by atoms with Crippen molar-refractivity contribution in [3.63, 3.8) is 0 Å². The van der Waals surface area contributed by atoms with Gasteiger partial charge in [0.15, 0.2) is 0 Å². The Morgan fingerprint density at radius 1 is 0.390 bits per heavy atom. The minimum absolute atomic E-state index is 0. The molecule has 0 amide bonds. The van der Waals surface area contributed by atoms with Crippen molar-refractivity contribution in [1.82, 2.24) is 0 Å². The first-order valence-corrected chi connectivity index (χ1v) is 24.5. The van der Waals surface area contributed by atoms with Crippen molar-refractivity contribution in [3.8, 4) is 23.0 Å². The molecule has 0 N–H and O–H groups in total. The fraction of sp³-hybridized carbons (Fsp3) is 0.500. The Labute approximate surface area is 386 Å². The van der Waals surface area contributed by atoms with Gasteiger partial charge in [-0.25, -0.2) is 16.8 Å². The molecule has 0 saturated carbocycles. The van der Waals surface area contributed by atoms with Crippen LogP contribution in [-0.4, -0.2) is 63.7 Å². The zero-order valence-electron chi connectivity index (χ0n) is 35.6. The third kappa shape index (κ3) is 22.8. The van der Waals surface area contributed by atoms with E-state index < -0.39 is 20.2 Å². The number of rotatable bonds is 28. The molecule has 0 unspecified atom stereocenters. The molecule has 0 bridgehead atoms. The first-order valence-electron chi connectivity index (χ1n) is 21.6. The average Bonchev–Trinajstić information content (AvgIpc) is 3.20. The van der Waals surface area contributed by atoms with Gasteiger partial charge in [0.25, 0.3) is 0 Å². The van der Waals surface area contributed by atoms with Gasteiger partial charge in [-0.05, 0) is 85.3 Å². The van der Waals surface area contributed by atoms with Crippen LogP contribution < -0.4 is 9.47 Å². The Kier molecular flexibility index (Phi) is 27.3. The molecule has 4 aromatic rings.